The Morgan fingerprint density at radius 2 is 1.95 bits per heavy atom. The standard InChI is InChI=1S/C17H25NO3S/c1-3-4-12-22(20,21)18-11-5-6-16(13-18)17(19)15-9-7-14(2)8-10-15/h7-10,16H,3-6,11-13H2,1-2H3. The minimum atomic E-state index is -3.22. The van der Waals surface area contributed by atoms with E-state index < -0.39 is 10.0 Å². The zero-order valence-corrected chi connectivity index (χ0v) is 14.2. The summed E-state index contributed by atoms with van der Waals surface area (Å²) in [5, 5.41) is 0. The highest BCUT2D eigenvalue weighted by molar-refractivity contribution is 7.89. The van der Waals surface area contributed by atoms with Gasteiger partial charge in [0.1, 0.15) is 0 Å². The Labute approximate surface area is 133 Å². The third kappa shape index (κ3) is 4.17. The Morgan fingerprint density at radius 1 is 1.27 bits per heavy atom. The number of benzene rings is 1. The van der Waals surface area contributed by atoms with Gasteiger partial charge in [0.2, 0.25) is 10.0 Å². The Kier molecular flexibility index (Phi) is 5.75. The van der Waals surface area contributed by atoms with Crippen molar-refractivity contribution in [3.8, 4) is 0 Å². The molecule has 1 heterocycles. The number of hydrogen-bond acceptors (Lipinski definition) is 3. The topological polar surface area (TPSA) is 54.5 Å². The van der Waals surface area contributed by atoms with Crippen LogP contribution in [-0.2, 0) is 10.0 Å². The predicted octanol–water partition coefficient (Wildman–Crippen LogP) is 3.02. The summed E-state index contributed by atoms with van der Waals surface area (Å²) in [4.78, 5) is 12.6. The van der Waals surface area contributed by atoms with Crippen molar-refractivity contribution in [2.45, 2.75) is 39.5 Å². The molecule has 22 heavy (non-hydrogen) atoms. The smallest absolute Gasteiger partial charge is 0.214 e. The van der Waals surface area contributed by atoms with Crippen LogP contribution in [0.4, 0.5) is 0 Å². The summed E-state index contributed by atoms with van der Waals surface area (Å²) in [7, 11) is -3.22. The molecule has 1 aliphatic heterocycles. The van der Waals surface area contributed by atoms with Gasteiger partial charge in [0, 0.05) is 24.6 Å². The number of carbonyl (C=O) groups excluding carboxylic acids is 1. The van der Waals surface area contributed by atoms with E-state index in [0.717, 1.165) is 24.8 Å². The fourth-order valence-corrected chi connectivity index (χ4v) is 4.54. The summed E-state index contributed by atoms with van der Waals surface area (Å²) >= 11 is 0. The Hall–Kier alpha value is -1.20. The third-order valence-electron chi connectivity index (χ3n) is 4.24. The van der Waals surface area contributed by atoms with E-state index in [1.165, 1.54) is 4.31 Å². The number of aryl methyl sites for hydroxylation is 1. The van der Waals surface area contributed by atoms with Crippen molar-refractivity contribution in [3.63, 3.8) is 0 Å². The monoisotopic (exact) mass is 323 g/mol. The van der Waals surface area contributed by atoms with Gasteiger partial charge in [-0.25, -0.2) is 12.7 Å². The van der Waals surface area contributed by atoms with Crippen molar-refractivity contribution < 1.29 is 13.2 Å². The molecule has 1 atom stereocenters. The van der Waals surface area contributed by atoms with Gasteiger partial charge in [0.15, 0.2) is 5.78 Å². The van der Waals surface area contributed by atoms with E-state index in [1.807, 2.05) is 38.1 Å². The molecule has 0 amide bonds. The second-order valence-corrected chi connectivity index (χ2v) is 8.19. The first-order valence-electron chi connectivity index (χ1n) is 8.02. The van der Waals surface area contributed by atoms with E-state index in [1.54, 1.807) is 0 Å². The molecule has 1 aliphatic rings. The van der Waals surface area contributed by atoms with Crippen LogP contribution in [0.3, 0.4) is 0 Å². The number of carbonyl (C=O) groups is 1. The minimum Gasteiger partial charge on any atom is -0.294 e. The molecule has 1 unspecified atom stereocenters. The number of ketones is 1. The summed E-state index contributed by atoms with van der Waals surface area (Å²) < 4.78 is 26.1. The van der Waals surface area contributed by atoms with E-state index in [9.17, 15) is 13.2 Å². The normalized spacial score (nSPS) is 20.0. The minimum absolute atomic E-state index is 0.0652. The second-order valence-electron chi connectivity index (χ2n) is 6.10. The molecule has 1 aromatic carbocycles. The zero-order valence-electron chi connectivity index (χ0n) is 13.4. The fourth-order valence-electron chi connectivity index (χ4n) is 2.82. The summed E-state index contributed by atoms with van der Waals surface area (Å²) in [6.45, 7) is 4.84. The van der Waals surface area contributed by atoms with Crippen LogP contribution < -0.4 is 0 Å². The lowest BCUT2D eigenvalue weighted by atomic mass is 9.91. The quantitative estimate of drug-likeness (QED) is 0.756. The van der Waals surface area contributed by atoms with Gasteiger partial charge in [-0.05, 0) is 26.2 Å². The average molecular weight is 323 g/mol. The molecule has 1 fully saturated rings. The van der Waals surface area contributed by atoms with Crippen LogP contribution in [0, 0.1) is 12.8 Å². The van der Waals surface area contributed by atoms with Crippen LogP contribution in [0.15, 0.2) is 24.3 Å². The first-order chi connectivity index (χ1) is 10.4. The van der Waals surface area contributed by atoms with Crippen LogP contribution >= 0.6 is 0 Å². The lowest BCUT2D eigenvalue weighted by molar-refractivity contribution is 0.0872. The second kappa shape index (κ2) is 7.38. The first-order valence-corrected chi connectivity index (χ1v) is 9.63. The number of rotatable bonds is 6. The molecule has 0 saturated carbocycles. The number of hydrogen-bond donors (Lipinski definition) is 0. The highest BCUT2D eigenvalue weighted by Gasteiger charge is 2.32. The molecule has 0 radical (unpaired) electrons. The van der Waals surface area contributed by atoms with Crippen molar-refractivity contribution in [1.82, 2.24) is 4.31 Å². The zero-order chi connectivity index (χ0) is 16.2. The van der Waals surface area contributed by atoms with Gasteiger partial charge in [0.05, 0.1) is 5.75 Å². The molecule has 0 bridgehead atoms. The summed E-state index contributed by atoms with van der Waals surface area (Å²) in [6.07, 6.45) is 3.06. The van der Waals surface area contributed by atoms with E-state index in [0.29, 0.717) is 25.1 Å². The molecule has 5 heteroatoms. The summed E-state index contributed by atoms with van der Waals surface area (Å²) in [6, 6.07) is 7.52. The molecule has 122 valence electrons. The molecular formula is C17H25NO3S. The molecular weight excluding hydrogens is 298 g/mol. The summed E-state index contributed by atoms with van der Waals surface area (Å²) in [5.74, 6) is 0.0397. The Bertz CT molecular complexity index is 607. The van der Waals surface area contributed by atoms with Crippen molar-refractivity contribution in [1.29, 1.82) is 0 Å². The molecule has 1 saturated heterocycles. The maximum atomic E-state index is 12.6. The molecule has 0 aliphatic carbocycles. The Balaban J connectivity index is 2.07. The van der Waals surface area contributed by atoms with Gasteiger partial charge in [-0.1, -0.05) is 43.2 Å². The van der Waals surface area contributed by atoms with Crippen molar-refractivity contribution >= 4 is 15.8 Å². The number of piperidine rings is 1. The van der Waals surface area contributed by atoms with Gasteiger partial charge >= 0.3 is 0 Å². The molecule has 1 aromatic rings. The molecule has 2 rings (SSSR count). The van der Waals surface area contributed by atoms with Crippen LogP contribution in [0.2, 0.25) is 0 Å². The van der Waals surface area contributed by atoms with Crippen molar-refractivity contribution in [3.05, 3.63) is 35.4 Å². The fraction of sp³-hybridized carbons (Fsp3) is 0.588. The van der Waals surface area contributed by atoms with E-state index in [2.05, 4.69) is 0 Å². The van der Waals surface area contributed by atoms with E-state index in [4.69, 9.17) is 0 Å². The number of Topliss-reactive ketones (excluding diaryl/α,β-unsaturated/α-hetero) is 1. The largest absolute Gasteiger partial charge is 0.294 e. The van der Waals surface area contributed by atoms with E-state index >= 15 is 0 Å². The summed E-state index contributed by atoms with van der Waals surface area (Å²) in [5.41, 5.74) is 1.80. The first kappa shape index (κ1) is 17.2. The molecule has 0 spiro atoms. The van der Waals surface area contributed by atoms with Crippen molar-refractivity contribution in [2.24, 2.45) is 5.92 Å². The van der Waals surface area contributed by atoms with Crippen LogP contribution in [0.5, 0.6) is 0 Å². The van der Waals surface area contributed by atoms with Crippen LogP contribution in [0.1, 0.15) is 48.5 Å². The third-order valence-corrected chi connectivity index (χ3v) is 6.16. The van der Waals surface area contributed by atoms with Crippen LogP contribution in [0.25, 0.3) is 0 Å². The lowest BCUT2D eigenvalue weighted by Crippen LogP contribution is -2.43. The molecule has 0 N–H and O–H groups in total. The SMILES string of the molecule is CCCCS(=O)(=O)N1CCCC(C(=O)c2ccc(C)cc2)C1. The number of nitrogens with zero attached hydrogens (tertiary/aromatic N) is 1. The predicted molar refractivity (Wildman–Crippen MR) is 88.5 cm³/mol. The lowest BCUT2D eigenvalue weighted by Gasteiger charge is -2.31. The van der Waals surface area contributed by atoms with Gasteiger partial charge in [-0.15, -0.1) is 0 Å². The highest BCUT2D eigenvalue weighted by Crippen LogP contribution is 2.23. The van der Waals surface area contributed by atoms with Crippen molar-refractivity contribution in [2.75, 3.05) is 18.8 Å². The van der Waals surface area contributed by atoms with Gasteiger partial charge in [-0.3, -0.25) is 4.79 Å². The highest BCUT2D eigenvalue weighted by atomic mass is 32.2. The van der Waals surface area contributed by atoms with Crippen LogP contribution in [-0.4, -0.2) is 37.3 Å². The van der Waals surface area contributed by atoms with E-state index in [-0.39, 0.29) is 17.5 Å². The number of sulfonamides is 1. The maximum Gasteiger partial charge on any atom is 0.214 e. The Morgan fingerprint density at radius 3 is 2.59 bits per heavy atom. The molecule has 4 nitrogen and oxygen atoms in total. The van der Waals surface area contributed by atoms with Gasteiger partial charge < -0.3 is 0 Å². The number of unbranched alkanes of at least 4 members (excludes halogenated alkanes) is 1. The maximum absolute atomic E-state index is 12.6. The van der Waals surface area contributed by atoms with Gasteiger partial charge in [0.25, 0.3) is 0 Å². The molecule has 0 aromatic heterocycles. The van der Waals surface area contributed by atoms with Gasteiger partial charge in [-0.2, -0.15) is 0 Å². The average Bonchev–Trinajstić information content (AvgIpc) is 2.53.